The van der Waals surface area contributed by atoms with Crippen molar-refractivity contribution < 1.29 is 14.4 Å². The van der Waals surface area contributed by atoms with Crippen molar-refractivity contribution in [3.8, 4) is 0 Å². The Kier molecular flexibility index (Phi) is 2.73. The fourth-order valence-corrected chi connectivity index (χ4v) is 1.90. The number of nitrogens with zero attached hydrogens (tertiary/aromatic N) is 1. The molecule has 1 atom stereocenters. The molecule has 0 saturated carbocycles. The van der Waals surface area contributed by atoms with E-state index in [1.165, 1.54) is 0 Å². The van der Waals surface area contributed by atoms with Gasteiger partial charge in [0, 0.05) is 12.0 Å². The van der Waals surface area contributed by atoms with Crippen LogP contribution in [0.1, 0.15) is 29.9 Å². The van der Waals surface area contributed by atoms with Gasteiger partial charge in [0.25, 0.3) is 0 Å². The molecule has 1 unspecified atom stereocenters. The van der Waals surface area contributed by atoms with Gasteiger partial charge < -0.3 is 15.4 Å². The Hall–Kier alpha value is -1.36. The molecule has 1 heterocycles. The summed E-state index contributed by atoms with van der Waals surface area (Å²) in [5.74, 6) is -0.351. The average Bonchev–Trinajstić information content (AvgIpc) is 2.62. The number of hydrogen-bond acceptors (Lipinski definition) is 4. The van der Waals surface area contributed by atoms with Crippen LogP contribution in [-0.4, -0.2) is 22.3 Å². The lowest BCUT2D eigenvalue weighted by Gasteiger charge is -2.10. The number of aryl methyl sites for hydroxylation is 1. The number of aliphatic carboxylic acids is 1. The van der Waals surface area contributed by atoms with E-state index in [1.54, 1.807) is 0 Å². The lowest BCUT2D eigenvalue weighted by molar-refractivity contribution is -0.138. The minimum Gasteiger partial charge on any atom is -0.480 e. The van der Waals surface area contributed by atoms with E-state index >= 15 is 0 Å². The van der Waals surface area contributed by atoms with Gasteiger partial charge in [0.15, 0.2) is 0 Å². The van der Waals surface area contributed by atoms with E-state index in [9.17, 15) is 4.79 Å². The van der Waals surface area contributed by atoms with Crippen molar-refractivity contribution in [2.45, 2.75) is 38.1 Å². The molecule has 3 N–H and O–H groups in total. The third-order valence-electron chi connectivity index (χ3n) is 2.76. The van der Waals surface area contributed by atoms with Gasteiger partial charge in [0.05, 0.1) is 5.69 Å². The van der Waals surface area contributed by atoms with Crippen molar-refractivity contribution >= 4 is 5.97 Å². The van der Waals surface area contributed by atoms with Crippen molar-refractivity contribution in [1.82, 2.24) is 5.16 Å². The summed E-state index contributed by atoms with van der Waals surface area (Å²) in [5.41, 5.74) is 7.52. The molecule has 5 nitrogen and oxygen atoms in total. The highest BCUT2D eigenvalue weighted by molar-refractivity contribution is 5.73. The van der Waals surface area contributed by atoms with Gasteiger partial charge in [-0.05, 0) is 25.7 Å². The highest BCUT2D eigenvalue weighted by atomic mass is 16.5. The average molecular weight is 210 g/mol. The predicted molar refractivity (Wildman–Crippen MR) is 52.5 cm³/mol. The van der Waals surface area contributed by atoms with Crippen LogP contribution < -0.4 is 5.73 Å². The third-order valence-corrected chi connectivity index (χ3v) is 2.76. The second-order valence-corrected chi connectivity index (χ2v) is 3.89. The van der Waals surface area contributed by atoms with Crippen molar-refractivity contribution in [1.29, 1.82) is 0 Å². The monoisotopic (exact) mass is 210 g/mol. The van der Waals surface area contributed by atoms with E-state index in [0.717, 1.165) is 36.9 Å². The van der Waals surface area contributed by atoms with Crippen LogP contribution in [-0.2, 0) is 24.1 Å². The lowest BCUT2D eigenvalue weighted by Crippen LogP contribution is -2.32. The summed E-state index contributed by atoms with van der Waals surface area (Å²) in [6.45, 7) is 0. The number of aromatic nitrogens is 1. The van der Waals surface area contributed by atoms with Gasteiger partial charge in [-0.3, -0.25) is 4.79 Å². The van der Waals surface area contributed by atoms with Gasteiger partial charge in [-0.1, -0.05) is 5.16 Å². The zero-order valence-electron chi connectivity index (χ0n) is 8.40. The Morgan fingerprint density at radius 1 is 1.53 bits per heavy atom. The molecule has 0 fully saturated rings. The Morgan fingerprint density at radius 3 is 3.00 bits per heavy atom. The highest BCUT2D eigenvalue weighted by Crippen LogP contribution is 2.24. The topological polar surface area (TPSA) is 89.4 Å². The first-order valence-electron chi connectivity index (χ1n) is 5.13. The minimum absolute atomic E-state index is 0.234. The first-order valence-corrected chi connectivity index (χ1v) is 5.13. The molecule has 0 bridgehead atoms. The minimum atomic E-state index is -1.00. The van der Waals surface area contributed by atoms with Crippen LogP contribution in [0.4, 0.5) is 0 Å². The Bertz CT molecular complexity index is 373. The normalized spacial score (nSPS) is 17.1. The van der Waals surface area contributed by atoms with Crippen LogP contribution in [0, 0.1) is 0 Å². The van der Waals surface area contributed by atoms with Crippen molar-refractivity contribution in [2.24, 2.45) is 5.73 Å². The second kappa shape index (κ2) is 4.02. The van der Waals surface area contributed by atoms with Gasteiger partial charge in [0.1, 0.15) is 11.8 Å². The van der Waals surface area contributed by atoms with Gasteiger partial charge in [-0.25, -0.2) is 0 Å². The number of hydrogen-bond donors (Lipinski definition) is 2. The summed E-state index contributed by atoms with van der Waals surface area (Å²) >= 11 is 0. The first kappa shape index (κ1) is 10.2. The lowest BCUT2D eigenvalue weighted by atomic mass is 9.94. The maximum atomic E-state index is 10.6. The van der Waals surface area contributed by atoms with E-state index in [4.69, 9.17) is 15.4 Å². The van der Waals surface area contributed by atoms with E-state index in [0.29, 0.717) is 5.76 Å². The molecule has 82 valence electrons. The number of carbonyl (C=O) groups is 1. The molecule has 2 rings (SSSR count). The van der Waals surface area contributed by atoms with Gasteiger partial charge in [-0.2, -0.15) is 0 Å². The Balaban J connectivity index is 2.15. The fraction of sp³-hybridized carbons (Fsp3) is 0.600. The Morgan fingerprint density at radius 2 is 2.27 bits per heavy atom. The van der Waals surface area contributed by atoms with Crippen LogP contribution in [0.3, 0.4) is 0 Å². The zero-order chi connectivity index (χ0) is 10.8. The molecule has 0 aliphatic heterocycles. The molecular weight excluding hydrogens is 196 g/mol. The molecule has 5 heteroatoms. The fourth-order valence-electron chi connectivity index (χ4n) is 1.90. The molecule has 1 aliphatic carbocycles. The second-order valence-electron chi connectivity index (χ2n) is 3.89. The number of carboxylic acid groups (broad SMARTS) is 1. The summed E-state index contributed by atoms with van der Waals surface area (Å²) in [6.07, 6.45) is 4.34. The summed E-state index contributed by atoms with van der Waals surface area (Å²) in [7, 11) is 0. The van der Waals surface area contributed by atoms with Gasteiger partial charge in [0.2, 0.25) is 0 Å². The summed E-state index contributed by atoms with van der Waals surface area (Å²) in [5, 5.41) is 12.6. The van der Waals surface area contributed by atoms with Gasteiger partial charge in [-0.15, -0.1) is 0 Å². The van der Waals surface area contributed by atoms with Crippen LogP contribution in [0.15, 0.2) is 4.52 Å². The number of carboxylic acids is 1. The van der Waals surface area contributed by atoms with Crippen LogP contribution >= 0.6 is 0 Å². The summed E-state index contributed by atoms with van der Waals surface area (Å²) < 4.78 is 5.15. The highest BCUT2D eigenvalue weighted by Gasteiger charge is 2.22. The van der Waals surface area contributed by atoms with Crippen LogP contribution in [0.25, 0.3) is 0 Å². The number of nitrogens with two attached hydrogens (primary N) is 1. The van der Waals surface area contributed by atoms with E-state index in [1.807, 2.05) is 0 Å². The molecule has 0 aromatic carbocycles. The van der Waals surface area contributed by atoms with Crippen LogP contribution in [0.2, 0.25) is 0 Å². The maximum absolute atomic E-state index is 10.6. The van der Waals surface area contributed by atoms with Crippen LogP contribution in [0.5, 0.6) is 0 Å². The number of rotatable bonds is 3. The molecule has 0 spiro atoms. The SMILES string of the molecule is NC(Cc1onc2c1CCCC2)C(=O)O. The standard InChI is InChI=1S/C10H14N2O3/c11-7(10(13)14)5-9-6-3-1-2-4-8(6)12-15-9/h7H,1-5,11H2,(H,13,14). The molecule has 1 aromatic rings. The van der Waals surface area contributed by atoms with Crippen molar-refractivity contribution in [2.75, 3.05) is 0 Å². The molecule has 1 aliphatic rings. The number of fused-ring (bicyclic) bond motifs is 1. The van der Waals surface area contributed by atoms with Crippen molar-refractivity contribution in [3.63, 3.8) is 0 Å². The molecule has 15 heavy (non-hydrogen) atoms. The van der Waals surface area contributed by atoms with E-state index in [2.05, 4.69) is 5.16 Å². The maximum Gasteiger partial charge on any atom is 0.320 e. The largest absolute Gasteiger partial charge is 0.480 e. The zero-order valence-corrected chi connectivity index (χ0v) is 8.40. The smallest absolute Gasteiger partial charge is 0.320 e. The van der Waals surface area contributed by atoms with E-state index in [-0.39, 0.29) is 6.42 Å². The molecule has 0 saturated heterocycles. The van der Waals surface area contributed by atoms with Crippen molar-refractivity contribution in [3.05, 3.63) is 17.0 Å². The Labute approximate surface area is 87.2 Å². The first-order chi connectivity index (χ1) is 7.18. The quantitative estimate of drug-likeness (QED) is 0.758. The molecule has 0 amide bonds. The van der Waals surface area contributed by atoms with Gasteiger partial charge >= 0.3 is 5.97 Å². The molecule has 0 radical (unpaired) electrons. The molecular formula is C10H14N2O3. The summed E-state index contributed by atoms with van der Waals surface area (Å²) in [4.78, 5) is 10.6. The third kappa shape index (κ3) is 2.02. The van der Waals surface area contributed by atoms with E-state index < -0.39 is 12.0 Å². The predicted octanol–water partition coefficient (Wildman–Crippen LogP) is 0.508. The molecule has 1 aromatic heterocycles. The summed E-state index contributed by atoms with van der Waals surface area (Å²) in [6, 6.07) is -0.899.